The average Bonchev–Trinajstić information content (AvgIpc) is 2.46. The predicted molar refractivity (Wildman–Crippen MR) is 79.2 cm³/mol. The van der Waals surface area contributed by atoms with E-state index in [9.17, 15) is 9.59 Å². The molecule has 2 aromatic rings. The van der Waals surface area contributed by atoms with Crippen LogP contribution in [0.4, 0.5) is 0 Å². The summed E-state index contributed by atoms with van der Waals surface area (Å²) >= 11 is 6.05. The van der Waals surface area contributed by atoms with Gasteiger partial charge in [0.2, 0.25) is 0 Å². The van der Waals surface area contributed by atoms with E-state index in [0.717, 1.165) is 5.56 Å². The third-order valence-electron chi connectivity index (χ3n) is 2.93. The second-order valence-corrected chi connectivity index (χ2v) is 4.90. The van der Waals surface area contributed by atoms with Crippen molar-refractivity contribution in [3.63, 3.8) is 0 Å². The van der Waals surface area contributed by atoms with Gasteiger partial charge in [-0.05, 0) is 42.8 Å². The molecule has 0 saturated heterocycles. The second-order valence-electron chi connectivity index (χ2n) is 4.49. The maximum atomic E-state index is 11.2. The molecule has 21 heavy (non-hydrogen) atoms. The van der Waals surface area contributed by atoms with Gasteiger partial charge in [0, 0.05) is 5.56 Å². The lowest BCUT2D eigenvalue weighted by atomic mass is 10.1. The maximum absolute atomic E-state index is 11.2. The lowest BCUT2D eigenvalue weighted by molar-refractivity contribution is 0.0696. The van der Waals surface area contributed by atoms with Crippen LogP contribution in [0.1, 0.15) is 33.2 Å². The van der Waals surface area contributed by atoms with Crippen LogP contribution in [-0.2, 0) is 6.61 Å². The van der Waals surface area contributed by atoms with Crippen LogP contribution in [0.5, 0.6) is 5.75 Å². The Balaban J connectivity index is 2.06. The second kappa shape index (κ2) is 6.41. The molecule has 0 aliphatic heterocycles. The number of aromatic carboxylic acids is 1. The fourth-order valence-electron chi connectivity index (χ4n) is 1.74. The summed E-state index contributed by atoms with van der Waals surface area (Å²) in [6.07, 6.45) is 0. The molecular formula is C16H13ClO4. The minimum Gasteiger partial charge on any atom is -0.487 e. The number of Topliss-reactive ketones (excluding diaryl/α,β-unsaturated/α-hetero) is 1. The van der Waals surface area contributed by atoms with Crippen molar-refractivity contribution in [1.82, 2.24) is 0 Å². The summed E-state index contributed by atoms with van der Waals surface area (Å²) in [4.78, 5) is 22.0. The zero-order valence-electron chi connectivity index (χ0n) is 11.3. The van der Waals surface area contributed by atoms with Gasteiger partial charge in [-0.25, -0.2) is 4.79 Å². The molecule has 108 valence electrons. The topological polar surface area (TPSA) is 63.6 Å². The highest BCUT2D eigenvalue weighted by Gasteiger charge is 2.07. The molecule has 0 radical (unpaired) electrons. The lowest BCUT2D eigenvalue weighted by Crippen LogP contribution is -2.00. The molecule has 2 aromatic carbocycles. The molecule has 0 heterocycles. The monoisotopic (exact) mass is 304 g/mol. The Kier molecular flexibility index (Phi) is 4.60. The molecule has 0 fully saturated rings. The quantitative estimate of drug-likeness (QED) is 0.853. The first-order chi connectivity index (χ1) is 9.97. The highest BCUT2D eigenvalue weighted by Crippen LogP contribution is 2.26. The largest absolute Gasteiger partial charge is 0.487 e. The zero-order valence-corrected chi connectivity index (χ0v) is 12.1. The van der Waals surface area contributed by atoms with Crippen LogP contribution in [0, 0.1) is 0 Å². The lowest BCUT2D eigenvalue weighted by Gasteiger charge is -2.09. The molecule has 0 amide bonds. The molecule has 0 aliphatic rings. The third-order valence-corrected chi connectivity index (χ3v) is 3.23. The van der Waals surface area contributed by atoms with Crippen molar-refractivity contribution in [1.29, 1.82) is 0 Å². The van der Waals surface area contributed by atoms with Gasteiger partial charge in [-0.2, -0.15) is 0 Å². The van der Waals surface area contributed by atoms with Gasteiger partial charge in [0.25, 0.3) is 0 Å². The summed E-state index contributed by atoms with van der Waals surface area (Å²) < 4.78 is 5.57. The Labute approximate surface area is 126 Å². The molecule has 0 bridgehead atoms. The zero-order chi connectivity index (χ0) is 15.4. The number of hydrogen-bond acceptors (Lipinski definition) is 3. The first-order valence-corrected chi connectivity index (χ1v) is 6.60. The van der Waals surface area contributed by atoms with Crippen LogP contribution in [0.15, 0.2) is 42.5 Å². The van der Waals surface area contributed by atoms with E-state index in [1.807, 2.05) is 0 Å². The van der Waals surface area contributed by atoms with Crippen molar-refractivity contribution in [2.24, 2.45) is 0 Å². The van der Waals surface area contributed by atoms with Crippen molar-refractivity contribution < 1.29 is 19.4 Å². The number of carboxylic acid groups (broad SMARTS) is 1. The first kappa shape index (κ1) is 15.1. The van der Waals surface area contributed by atoms with Crippen LogP contribution in [0.25, 0.3) is 0 Å². The molecule has 5 heteroatoms. The maximum Gasteiger partial charge on any atom is 0.335 e. The Bertz CT molecular complexity index is 677. The Morgan fingerprint density at radius 2 is 1.71 bits per heavy atom. The number of ketones is 1. The highest BCUT2D eigenvalue weighted by molar-refractivity contribution is 6.32. The minimum absolute atomic E-state index is 0.0623. The number of carboxylic acids is 1. The van der Waals surface area contributed by atoms with E-state index >= 15 is 0 Å². The standard InChI is InChI=1S/C16H13ClO4/c1-10(18)13-6-7-15(14(17)8-13)21-9-11-2-4-12(5-3-11)16(19)20/h2-8H,9H2,1H3,(H,19,20). The van der Waals surface area contributed by atoms with E-state index in [2.05, 4.69) is 0 Å². The van der Waals surface area contributed by atoms with Crippen molar-refractivity contribution in [3.05, 3.63) is 64.2 Å². The minimum atomic E-state index is -0.967. The van der Waals surface area contributed by atoms with E-state index < -0.39 is 5.97 Å². The Hall–Kier alpha value is -2.33. The van der Waals surface area contributed by atoms with Crippen LogP contribution in [-0.4, -0.2) is 16.9 Å². The third kappa shape index (κ3) is 3.83. The molecule has 0 unspecified atom stereocenters. The molecular weight excluding hydrogens is 292 g/mol. The number of rotatable bonds is 5. The van der Waals surface area contributed by atoms with Gasteiger partial charge in [-0.1, -0.05) is 23.7 Å². The fourth-order valence-corrected chi connectivity index (χ4v) is 1.98. The Morgan fingerprint density at radius 1 is 1.10 bits per heavy atom. The summed E-state index contributed by atoms with van der Waals surface area (Å²) in [5.74, 6) is -0.554. The summed E-state index contributed by atoms with van der Waals surface area (Å²) in [5.41, 5.74) is 1.58. The molecule has 0 atom stereocenters. The van der Waals surface area contributed by atoms with Crippen molar-refractivity contribution in [2.75, 3.05) is 0 Å². The SMILES string of the molecule is CC(=O)c1ccc(OCc2ccc(C(=O)O)cc2)c(Cl)c1. The molecule has 0 aromatic heterocycles. The van der Waals surface area contributed by atoms with E-state index in [1.165, 1.54) is 19.1 Å². The molecule has 4 nitrogen and oxygen atoms in total. The summed E-state index contributed by atoms with van der Waals surface area (Å²) in [6.45, 7) is 1.73. The van der Waals surface area contributed by atoms with Gasteiger partial charge >= 0.3 is 5.97 Å². The van der Waals surface area contributed by atoms with Crippen LogP contribution >= 0.6 is 11.6 Å². The molecule has 0 spiro atoms. The Morgan fingerprint density at radius 3 is 2.24 bits per heavy atom. The summed E-state index contributed by atoms with van der Waals surface area (Å²) in [7, 11) is 0. The van der Waals surface area contributed by atoms with Gasteiger partial charge in [0.1, 0.15) is 12.4 Å². The van der Waals surface area contributed by atoms with Gasteiger partial charge in [0.05, 0.1) is 10.6 Å². The fraction of sp³-hybridized carbons (Fsp3) is 0.125. The molecule has 0 aliphatic carbocycles. The number of benzene rings is 2. The van der Waals surface area contributed by atoms with Crippen molar-refractivity contribution in [3.8, 4) is 5.75 Å². The van der Waals surface area contributed by atoms with Gasteiger partial charge in [-0.3, -0.25) is 4.79 Å². The van der Waals surface area contributed by atoms with Crippen LogP contribution < -0.4 is 4.74 Å². The van der Waals surface area contributed by atoms with E-state index in [-0.39, 0.29) is 18.0 Å². The number of carbonyl (C=O) groups is 2. The van der Waals surface area contributed by atoms with Gasteiger partial charge in [0.15, 0.2) is 5.78 Å². The molecule has 1 N–H and O–H groups in total. The smallest absolute Gasteiger partial charge is 0.335 e. The summed E-state index contributed by atoms with van der Waals surface area (Å²) in [6, 6.07) is 11.3. The van der Waals surface area contributed by atoms with E-state index in [0.29, 0.717) is 16.3 Å². The molecule has 0 saturated carbocycles. The van der Waals surface area contributed by atoms with Crippen molar-refractivity contribution >= 4 is 23.4 Å². The molecule has 2 rings (SSSR count). The van der Waals surface area contributed by atoms with Crippen molar-refractivity contribution in [2.45, 2.75) is 13.5 Å². The first-order valence-electron chi connectivity index (χ1n) is 6.23. The van der Waals surface area contributed by atoms with Crippen LogP contribution in [0.3, 0.4) is 0 Å². The number of ether oxygens (including phenoxy) is 1. The van der Waals surface area contributed by atoms with Gasteiger partial charge < -0.3 is 9.84 Å². The number of carbonyl (C=O) groups excluding carboxylic acids is 1. The van der Waals surface area contributed by atoms with Crippen LogP contribution in [0.2, 0.25) is 5.02 Å². The van der Waals surface area contributed by atoms with Gasteiger partial charge in [-0.15, -0.1) is 0 Å². The highest BCUT2D eigenvalue weighted by atomic mass is 35.5. The normalized spacial score (nSPS) is 10.2. The predicted octanol–water partition coefficient (Wildman–Crippen LogP) is 3.82. The number of halogens is 1. The summed E-state index contributed by atoms with van der Waals surface area (Å²) in [5, 5.41) is 9.18. The van der Waals surface area contributed by atoms with E-state index in [1.54, 1.807) is 30.3 Å². The average molecular weight is 305 g/mol. The van der Waals surface area contributed by atoms with E-state index in [4.69, 9.17) is 21.4 Å². The number of hydrogen-bond donors (Lipinski definition) is 1.